The van der Waals surface area contributed by atoms with Gasteiger partial charge >= 0.3 is 0 Å². The van der Waals surface area contributed by atoms with Crippen LogP contribution in [0.4, 0.5) is 5.69 Å². The summed E-state index contributed by atoms with van der Waals surface area (Å²) in [4.78, 5) is 2.20. The highest BCUT2D eigenvalue weighted by Gasteiger charge is 2.09. The number of benzene rings is 2. The molecule has 21 heavy (non-hydrogen) atoms. The predicted octanol–water partition coefficient (Wildman–Crippen LogP) is 4.26. The minimum Gasteiger partial charge on any atom is -0.370 e. The Morgan fingerprint density at radius 3 is 2.48 bits per heavy atom. The highest BCUT2D eigenvalue weighted by molar-refractivity contribution is 6.31. The lowest BCUT2D eigenvalue weighted by Crippen LogP contribution is -2.21. The quantitative estimate of drug-likeness (QED) is 0.864. The standard InChI is InChI=1S/C18H23ClN2/c1-3-16(20)11-15-9-10-17(12-18(15)19)21(2)13-14-7-5-4-6-8-14/h4-10,12,16H,3,11,13,20H2,1-2H3. The topological polar surface area (TPSA) is 29.3 Å². The summed E-state index contributed by atoms with van der Waals surface area (Å²) in [7, 11) is 2.08. The first-order chi connectivity index (χ1) is 10.1. The van der Waals surface area contributed by atoms with E-state index in [0.717, 1.165) is 35.7 Å². The number of halogens is 1. The zero-order valence-corrected chi connectivity index (χ0v) is 13.5. The Labute approximate surface area is 132 Å². The molecule has 2 rings (SSSR count). The second-order valence-electron chi connectivity index (χ2n) is 5.49. The van der Waals surface area contributed by atoms with Gasteiger partial charge in [-0.15, -0.1) is 0 Å². The van der Waals surface area contributed by atoms with Crippen LogP contribution in [0.1, 0.15) is 24.5 Å². The Bertz CT molecular complexity index is 569. The van der Waals surface area contributed by atoms with Crippen LogP contribution in [0, 0.1) is 0 Å². The molecule has 2 N–H and O–H groups in total. The molecule has 1 unspecified atom stereocenters. The minimum absolute atomic E-state index is 0.176. The fraction of sp³-hybridized carbons (Fsp3) is 0.333. The molecule has 0 spiro atoms. The molecule has 0 aliphatic heterocycles. The zero-order valence-electron chi connectivity index (χ0n) is 12.7. The van der Waals surface area contributed by atoms with Gasteiger partial charge in [0, 0.05) is 30.3 Å². The molecule has 0 aromatic heterocycles. The van der Waals surface area contributed by atoms with Gasteiger partial charge in [-0.2, -0.15) is 0 Å². The number of nitrogens with two attached hydrogens (primary N) is 1. The largest absolute Gasteiger partial charge is 0.370 e. The van der Waals surface area contributed by atoms with Crippen molar-refractivity contribution in [2.75, 3.05) is 11.9 Å². The van der Waals surface area contributed by atoms with Gasteiger partial charge in [0.15, 0.2) is 0 Å². The van der Waals surface area contributed by atoms with Crippen LogP contribution in [0.25, 0.3) is 0 Å². The molecule has 0 amide bonds. The molecule has 112 valence electrons. The number of hydrogen-bond acceptors (Lipinski definition) is 2. The van der Waals surface area contributed by atoms with Gasteiger partial charge in [0.2, 0.25) is 0 Å². The molecular formula is C18H23ClN2. The van der Waals surface area contributed by atoms with Crippen LogP contribution in [0.15, 0.2) is 48.5 Å². The summed E-state index contributed by atoms with van der Waals surface area (Å²) in [5, 5.41) is 0.802. The first-order valence-electron chi connectivity index (χ1n) is 7.39. The molecule has 3 heteroatoms. The Morgan fingerprint density at radius 1 is 1.14 bits per heavy atom. The first-order valence-corrected chi connectivity index (χ1v) is 7.77. The molecule has 1 atom stereocenters. The fourth-order valence-electron chi connectivity index (χ4n) is 2.31. The van der Waals surface area contributed by atoms with E-state index < -0.39 is 0 Å². The number of hydrogen-bond donors (Lipinski definition) is 1. The third kappa shape index (κ3) is 4.48. The lowest BCUT2D eigenvalue weighted by Gasteiger charge is -2.21. The molecule has 0 bridgehead atoms. The van der Waals surface area contributed by atoms with Gasteiger partial charge in [0.1, 0.15) is 0 Å². The van der Waals surface area contributed by atoms with Crippen molar-refractivity contribution in [1.82, 2.24) is 0 Å². The smallest absolute Gasteiger partial charge is 0.0459 e. The molecule has 0 saturated heterocycles. The van der Waals surface area contributed by atoms with Gasteiger partial charge in [-0.05, 0) is 36.1 Å². The molecule has 2 nitrogen and oxygen atoms in total. The third-order valence-corrected chi connectivity index (χ3v) is 4.10. The molecule has 0 aliphatic rings. The van der Waals surface area contributed by atoms with Gasteiger partial charge in [0.05, 0.1) is 0 Å². The highest BCUT2D eigenvalue weighted by Crippen LogP contribution is 2.25. The van der Waals surface area contributed by atoms with Crippen LogP contribution in [0.3, 0.4) is 0 Å². The van der Waals surface area contributed by atoms with E-state index in [-0.39, 0.29) is 6.04 Å². The maximum atomic E-state index is 6.40. The maximum Gasteiger partial charge on any atom is 0.0459 e. The van der Waals surface area contributed by atoms with Crippen molar-refractivity contribution in [3.05, 3.63) is 64.7 Å². The lowest BCUT2D eigenvalue weighted by atomic mass is 10.0. The van der Waals surface area contributed by atoms with Crippen LogP contribution < -0.4 is 10.6 Å². The monoisotopic (exact) mass is 302 g/mol. The second kappa shape index (κ2) is 7.48. The zero-order chi connectivity index (χ0) is 15.2. The van der Waals surface area contributed by atoms with Crippen LogP contribution in [-0.2, 0) is 13.0 Å². The van der Waals surface area contributed by atoms with Gasteiger partial charge in [0.25, 0.3) is 0 Å². The predicted molar refractivity (Wildman–Crippen MR) is 92.0 cm³/mol. The third-order valence-electron chi connectivity index (χ3n) is 3.75. The molecule has 2 aromatic carbocycles. The van der Waals surface area contributed by atoms with E-state index in [1.54, 1.807) is 0 Å². The van der Waals surface area contributed by atoms with E-state index in [1.807, 2.05) is 12.1 Å². The summed E-state index contributed by atoms with van der Waals surface area (Å²) >= 11 is 6.40. The Morgan fingerprint density at radius 2 is 1.86 bits per heavy atom. The van der Waals surface area contributed by atoms with Crippen molar-refractivity contribution in [2.45, 2.75) is 32.4 Å². The Kier molecular flexibility index (Phi) is 5.66. The van der Waals surface area contributed by atoms with Crippen molar-refractivity contribution >= 4 is 17.3 Å². The Hall–Kier alpha value is -1.51. The van der Waals surface area contributed by atoms with Crippen molar-refractivity contribution < 1.29 is 0 Å². The van der Waals surface area contributed by atoms with Gasteiger partial charge in [-0.1, -0.05) is 54.9 Å². The van der Waals surface area contributed by atoms with Crippen molar-refractivity contribution in [2.24, 2.45) is 5.73 Å². The van der Waals surface area contributed by atoms with E-state index in [2.05, 4.69) is 55.3 Å². The average molecular weight is 303 g/mol. The van der Waals surface area contributed by atoms with Crippen LogP contribution in [0.2, 0.25) is 5.02 Å². The molecule has 0 heterocycles. The molecule has 0 radical (unpaired) electrons. The molecule has 0 aliphatic carbocycles. The number of rotatable bonds is 6. The average Bonchev–Trinajstić information content (AvgIpc) is 2.50. The van der Waals surface area contributed by atoms with E-state index in [9.17, 15) is 0 Å². The lowest BCUT2D eigenvalue weighted by molar-refractivity contribution is 0.646. The summed E-state index contributed by atoms with van der Waals surface area (Å²) in [6, 6.07) is 16.8. The molecule has 2 aromatic rings. The van der Waals surface area contributed by atoms with Crippen molar-refractivity contribution in [3.63, 3.8) is 0 Å². The minimum atomic E-state index is 0.176. The van der Waals surface area contributed by atoms with E-state index in [1.165, 1.54) is 5.56 Å². The van der Waals surface area contributed by atoms with Crippen molar-refractivity contribution in [3.8, 4) is 0 Å². The number of nitrogens with zero attached hydrogens (tertiary/aromatic N) is 1. The highest BCUT2D eigenvalue weighted by atomic mass is 35.5. The SMILES string of the molecule is CCC(N)Cc1ccc(N(C)Cc2ccccc2)cc1Cl. The van der Waals surface area contributed by atoms with Gasteiger partial charge in [-0.25, -0.2) is 0 Å². The summed E-state index contributed by atoms with van der Waals surface area (Å²) in [6.07, 6.45) is 1.80. The number of anilines is 1. The van der Waals surface area contributed by atoms with E-state index in [4.69, 9.17) is 17.3 Å². The van der Waals surface area contributed by atoms with E-state index in [0.29, 0.717) is 0 Å². The maximum absolute atomic E-state index is 6.40. The summed E-state index contributed by atoms with van der Waals surface area (Å²) in [5.41, 5.74) is 9.54. The van der Waals surface area contributed by atoms with Crippen LogP contribution in [-0.4, -0.2) is 13.1 Å². The van der Waals surface area contributed by atoms with Gasteiger partial charge < -0.3 is 10.6 Å². The molecular weight excluding hydrogens is 280 g/mol. The molecule has 0 saturated carbocycles. The van der Waals surface area contributed by atoms with Crippen LogP contribution in [0.5, 0.6) is 0 Å². The van der Waals surface area contributed by atoms with Crippen LogP contribution >= 0.6 is 11.6 Å². The second-order valence-corrected chi connectivity index (χ2v) is 5.90. The summed E-state index contributed by atoms with van der Waals surface area (Å²) < 4.78 is 0. The Balaban J connectivity index is 2.08. The van der Waals surface area contributed by atoms with Crippen molar-refractivity contribution in [1.29, 1.82) is 0 Å². The van der Waals surface area contributed by atoms with Gasteiger partial charge in [-0.3, -0.25) is 0 Å². The summed E-state index contributed by atoms with van der Waals surface area (Å²) in [5.74, 6) is 0. The fourth-order valence-corrected chi connectivity index (χ4v) is 2.57. The summed E-state index contributed by atoms with van der Waals surface area (Å²) in [6.45, 7) is 2.96. The normalized spacial score (nSPS) is 12.2. The first kappa shape index (κ1) is 15.9. The molecule has 0 fully saturated rings. The van der Waals surface area contributed by atoms with E-state index >= 15 is 0 Å².